The molecule has 1 unspecified atom stereocenters. The maximum Gasteiger partial charge on any atom is 0.243 e. The predicted octanol–water partition coefficient (Wildman–Crippen LogP) is 2.05. The molecule has 3 nitrogen and oxygen atoms in total. The van der Waals surface area contributed by atoms with Crippen LogP contribution in [0.1, 0.15) is 35.1 Å². The highest BCUT2D eigenvalue weighted by Gasteiger charge is 2.19. The van der Waals surface area contributed by atoms with Crippen LogP contribution in [0.15, 0.2) is 12.1 Å². The van der Waals surface area contributed by atoms with Crippen LogP contribution in [0.4, 0.5) is 0 Å². The van der Waals surface area contributed by atoms with Crippen LogP contribution < -0.4 is 5.84 Å². The van der Waals surface area contributed by atoms with E-state index in [1.807, 2.05) is 13.8 Å². The van der Waals surface area contributed by atoms with Gasteiger partial charge in [0.1, 0.15) is 0 Å². The quantitative estimate of drug-likeness (QED) is 0.471. The van der Waals surface area contributed by atoms with Crippen LogP contribution in [0.3, 0.4) is 0 Å². The van der Waals surface area contributed by atoms with Gasteiger partial charge in [0, 0.05) is 7.05 Å². The highest BCUT2D eigenvalue weighted by molar-refractivity contribution is 5.83. The van der Waals surface area contributed by atoms with Crippen molar-refractivity contribution >= 4 is 5.91 Å². The van der Waals surface area contributed by atoms with Crippen molar-refractivity contribution in [2.75, 3.05) is 7.05 Å². The fourth-order valence-corrected chi connectivity index (χ4v) is 1.89. The number of nitrogens with two attached hydrogens (primary N) is 1. The van der Waals surface area contributed by atoms with Gasteiger partial charge in [0.25, 0.3) is 0 Å². The molecule has 0 fully saturated rings. The first-order valence-corrected chi connectivity index (χ1v) is 5.44. The van der Waals surface area contributed by atoms with Crippen LogP contribution in [0.25, 0.3) is 0 Å². The molecule has 1 rings (SSSR count). The lowest BCUT2D eigenvalue weighted by Gasteiger charge is -2.19. The molecule has 0 saturated heterocycles. The van der Waals surface area contributed by atoms with E-state index in [2.05, 4.69) is 26.0 Å². The Hall–Kier alpha value is -1.35. The van der Waals surface area contributed by atoms with Gasteiger partial charge >= 0.3 is 0 Å². The maximum atomic E-state index is 11.8. The lowest BCUT2D eigenvalue weighted by Crippen LogP contribution is -2.36. The maximum absolute atomic E-state index is 11.8. The third-order valence-electron chi connectivity index (χ3n) is 3.07. The topological polar surface area (TPSA) is 46.3 Å². The third kappa shape index (κ3) is 2.42. The van der Waals surface area contributed by atoms with Crippen molar-refractivity contribution in [2.24, 2.45) is 5.84 Å². The fourth-order valence-electron chi connectivity index (χ4n) is 1.89. The summed E-state index contributed by atoms with van der Waals surface area (Å²) >= 11 is 0. The number of carbonyl (C=O) groups is 1. The van der Waals surface area contributed by atoms with Crippen LogP contribution in [0, 0.1) is 20.8 Å². The molecule has 3 heteroatoms. The zero-order valence-corrected chi connectivity index (χ0v) is 10.7. The van der Waals surface area contributed by atoms with Crippen molar-refractivity contribution in [1.29, 1.82) is 0 Å². The van der Waals surface area contributed by atoms with Gasteiger partial charge < -0.3 is 0 Å². The second kappa shape index (κ2) is 4.66. The van der Waals surface area contributed by atoms with E-state index in [1.54, 1.807) is 7.05 Å². The number of amides is 1. The first-order valence-electron chi connectivity index (χ1n) is 5.44. The number of benzene rings is 1. The van der Waals surface area contributed by atoms with E-state index in [0.717, 1.165) is 16.1 Å². The number of carbonyl (C=O) groups excluding carboxylic acids is 1. The number of nitrogens with zero attached hydrogens (tertiary/aromatic N) is 1. The smallest absolute Gasteiger partial charge is 0.243 e. The van der Waals surface area contributed by atoms with Crippen molar-refractivity contribution in [3.8, 4) is 0 Å². The standard InChI is InChI=1S/C13H20N2O/c1-8-6-10(3)12(7-9(8)2)11(4)13(16)15(5)14/h6-7,11H,14H2,1-5H3. The summed E-state index contributed by atoms with van der Waals surface area (Å²) in [5.74, 6) is 5.23. The van der Waals surface area contributed by atoms with E-state index in [9.17, 15) is 4.79 Å². The zero-order chi connectivity index (χ0) is 12.5. The lowest BCUT2D eigenvalue weighted by atomic mass is 9.92. The molecule has 2 N–H and O–H groups in total. The number of rotatable bonds is 2. The molecule has 0 radical (unpaired) electrons. The molecule has 16 heavy (non-hydrogen) atoms. The summed E-state index contributed by atoms with van der Waals surface area (Å²) in [5.41, 5.74) is 4.66. The van der Waals surface area contributed by atoms with E-state index in [-0.39, 0.29) is 11.8 Å². The minimum atomic E-state index is -0.186. The Morgan fingerprint density at radius 1 is 1.19 bits per heavy atom. The lowest BCUT2D eigenvalue weighted by molar-refractivity contribution is -0.131. The normalized spacial score (nSPS) is 12.4. The molecule has 0 aliphatic rings. The van der Waals surface area contributed by atoms with Gasteiger partial charge in [0.2, 0.25) is 5.91 Å². The van der Waals surface area contributed by atoms with Crippen LogP contribution >= 0.6 is 0 Å². The molecule has 1 amide bonds. The molecule has 1 atom stereocenters. The SMILES string of the molecule is Cc1cc(C)c(C(C)C(=O)N(C)N)cc1C. The summed E-state index contributed by atoms with van der Waals surface area (Å²) < 4.78 is 0. The molecule has 1 aromatic carbocycles. The van der Waals surface area contributed by atoms with Gasteiger partial charge in [-0.05, 0) is 49.9 Å². The summed E-state index contributed by atoms with van der Waals surface area (Å²) in [6.07, 6.45) is 0. The van der Waals surface area contributed by atoms with E-state index in [0.29, 0.717) is 0 Å². The van der Waals surface area contributed by atoms with Crippen molar-refractivity contribution in [3.63, 3.8) is 0 Å². The summed E-state index contributed by atoms with van der Waals surface area (Å²) in [5, 5.41) is 1.15. The van der Waals surface area contributed by atoms with Crippen LogP contribution in [-0.2, 0) is 4.79 Å². The Kier molecular flexibility index (Phi) is 3.70. The van der Waals surface area contributed by atoms with Crippen molar-refractivity contribution < 1.29 is 4.79 Å². The average Bonchev–Trinajstić information content (AvgIpc) is 2.21. The molecule has 0 bridgehead atoms. The highest BCUT2D eigenvalue weighted by Crippen LogP contribution is 2.24. The molecule has 1 aromatic rings. The second-order valence-corrected chi connectivity index (χ2v) is 4.46. The number of hydrazine groups is 1. The van der Waals surface area contributed by atoms with Gasteiger partial charge in [0.05, 0.1) is 5.92 Å². The molecule has 0 spiro atoms. The highest BCUT2D eigenvalue weighted by atomic mass is 16.2. The van der Waals surface area contributed by atoms with Crippen molar-refractivity contribution in [2.45, 2.75) is 33.6 Å². The Balaban J connectivity index is 3.14. The Morgan fingerprint density at radius 3 is 2.19 bits per heavy atom. The molecular formula is C13H20N2O. The van der Waals surface area contributed by atoms with Gasteiger partial charge in [-0.2, -0.15) is 0 Å². The molecule has 0 aliphatic carbocycles. The Labute approximate surface area is 97.2 Å². The molecule has 0 aliphatic heterocycles. The first-order chi connectivity index (χ1) is 7.34. The number of likely N-dealkylation sites (N-methyl/N-ethyl adjacent to an activating group) is 1. The van der Waals surface area contributed by atoms with Crippen LogP contribution in [0.5, 0.6) is 0 Å². The minimum absolute atomic E-state index is 0.0636. The molecule has 0 aromatic heterocycles. The number of hydrogen-bond donors (Lipinski definition) is 1. The third-order valence-corrected chi connectivity index (χ3v) is 3.07. The summed E-state index contributed by atoms with van der Waals surface area (Å²) in [4.78, 5) is 11.8. The summed E-state index contributed by atoms with van der Waals surface area (Å²) in [7, 11) is 1.58. The van der Waals surface area contributed by atoms with Crippen molar-refractivity contribution in [3.05, 3.63) is 34.4 Å². The van der Waals surface area contributed by atoms with Crippen LogP contribution in [0.2, 0.25) is 0 Å². The number of aryl methyl sites for hydroxylation is 3. The van der Waals surface area contributed by atoms with Crippen LogP contribution in [-0.4, -0.2) is 18.0 Å². The van der Waals surface area contributed by atoms with Gasteiger partial charge in [-0.1, -0.05) is 12.1 Å². The van der Waals surface area contributed by atoms with Crippen molar-refractivity contribution in [1.82, 2.24) is 5.01 Å². The average molecular weight is 220 g/mol. The monoisotopic (exact) mass is 220 g/mol. The number of hydrogen-bond acceptors (Lipinski definition) is 2. The van der Waals surface area contributed by atoms with Gasteiger partial charge in [-0.25, -0.2) is 5.84 Å². The first kappa shape index (κ1) is 12.7. The fraction of sp³-hybridized carbons (Fsp3) is 0.462. The largest absolute Gasteiger partial charge is 0.283 e. The predicted molar refractivity (Wildman–Crippen MR) is 66.0 cm³/mol. The van der Waals surface area contributed by atoms with E-state index in [1.165, 1.54) is 11.1 Å². The second-order valence-electron chi connectivity index (χ2n) is 4.46. The van der Waals surface area contributed by atoms with E-state index >= 15 is 0 Å². The zero-order valence-electron chi connectivity index (χ0n) is 10.7. The Morgan fingerprint density at radius 2 is 1.69 bits per heavy atom. The van der Waals surface area contributed by atoms with E-state index < -0.39 is 0 Å². The molecule has 0 heterocycles. The molecular weight excluding hydrogens is 200 g/mol. The molecule has 88 valence electrons. The van der Waals surface area contributed by atoms with Gasteiger partial charge in [-0.3, -0.25) is 9.80 Å². The van der Waals surface area contributed by atoms with Gasteiger partial charge in [0.15, 0.2) is 0 Å². The van der Waals surface area contributed by atoms with Gasteiger partial charge in [-0.15, -0.1) is 0 Å². The molecule has 0 saturated carbocycles. The van der Waals surface area contributed by atoms with E-state index in [4.69, 9.17) is 5.84 Å². The summed E-state index contributed by atoms with van der Waals surface area (Å²) in [6, 6.07) is 4.20. The summed E-state index contributed by atoms with van der Waals surface area (Å²) in [6.45, 7) is 8.06. The Bertz CT molecular complexity index is 411. The minimum Gasteiger partial charge on any atom is -0.283 e.